The highest BCUT2D eigenvalue weighted by Crippen LogP contribution is 2.36. The number of benzene rings is 1. The maximum atomic E-state index is 5.85. The molecule has 6 heteroatoms. The second kappa shape index (κ2) is 9.50. The van der Waals surface area contributed by atoms with Crippen molar-refractivity contribution in [1.29, 1.82) is 0 Å². The van der Waals surface area contributed by atoms with E-state index in [9.17, 15) is 0 Å². The molecule has 6 nitrogen and oxygen atoms in total. The standard InChI is InChI=1S/C25H30N3O3/c1-5-11-30-23-16(3)12-19(13-17(23)6-2)24-27-25(31-28-24)20-14-21(18-9-7-8-10-18)26-22(15-20)29-4/h11-15,18H,5-10H2,1-4H3. The first-order valence-electron chi connectivity index (χ1n) is 11.1. The van der Waals surface area contributed by atoms with Crippen molar-refractivity contribution in [3.63, 3.8) is 0 Å². The second-order valence-corrected chi connectivity index (χ2v) is 8.06. The fourth-order valence-electron chi connectivity index (χ4n) is 4.22. The number of hydrogen-bond donors (Lipinski definition) is 0. The van der Waals surface area contributed by atoms with Crippen LogP contribution >= 0.6 is 0 Å². The van der Waals surface area contributed by atoms with Gasteiger partial charge < -0.3 is 14.0 Å². The lowest BCUT2D eigenvalue weighted by Gasteiger charge is -2.13. The Labute approximate surface area is 184 Å². The van der Waals surface area contributed by atoms with Gasteiger partial charge in [0, 0.05) is 28.8 Å². The molecule has 31 heavy (non-hydrogen) atoms. The Morgan fingerprint density at radius 1 is 1.06 bits per heavy atom. The van der Waals surface area contributed by atoms with Crippen molar-refractivity contribution in [1.82, 2.24) is 15.1 Å². The topological polar surface area (TPSA) is 70.3 Å². The molecular formula is C25H30N3O3. The number of methoxy groups -OCH3 is 1. The zero-order valence-corrected chi connectivity index (χ0v) is 18.8. The molecular weight excluding hydrogens is 390 g/mol. The molecule has 1 aromatic carbocycles. The van der Waals surface area contributed by atoms with Gasteiger partial charge in [0.05, 0.1) is 7.11 Å². The van der Waals surface area contributed by atoms with Gasteiger partial charge in [-0.15, -0.1) is 0 Å². The van der Waals surface area contributed by atoms with Crippen LogP contribution in [0.25, 0.3) is 22.8 Å². The number of pyridine rings is 1. The van der Waals surface area contributed by atoms with Crippen molar-refractivity contribution in [3.8, 4) is 34.5 Å². The normalized spacial score (nSPS) is 14.2. The van der Waals surface area contributed by atoms with Gasteiger partial charge in [0.1, 0.15) is 12.4 Å². The summed E-state index contributed by atoms with van der Waals surface area (Å²) in [7, 11) is 1.64. The van der Waals surface area contributed by atoms with E-state index in [1.165, 1.54) is 12.8 Å². The van der Waals surface area contributed by atoms with Crippen LogP contribution in [0.15, 0.2) is 28.8 Å². The van der Waals surface area contributed by atoms with E-state index in [4.69, 9.17) is 19.0 Å². The molecule has 0 N–H and O–H groups in total. The van der Waals surface area contributed by atoms with Crippen molar-refractivity contribution in [2.24, 2.45) is 0 Å². The predicted molar refractivity (Wildman–Crippen MR) is 120 cm³/mol. The quantitative estimate of drug-likeness (QED) is 0.427. The Morgan fingerprint density at radius 3 is 2.58 bits per heavy atom. The number of nitrogens with zero attached hydrogens (tertiary/aromatic N) is 3. The molecule has 1 aliphatic rings. The Kier molecular flexibility index (Phi) is 6.54. The molecule has 3 aromatic rings. The van der Waals surface area contributed by atoms with E-state index in [1.54, 1.807) is 7.11 Å². The molecule has 0 unspecified atom stereocenters. The number of aromatic nitrogens is 3. The Bertz CT molecular complexity index is 1040. The minimum Gasteiger partial charge on any atom is -0.486 e. The van der Waals surface area contributed by atoms with Gasteiger partial charge in [0.15, 0.2) is 0 Å². The summed E-state index contributed by atoms with van der Waals surface area (Å²) in [5.74, 6) is 3.01. The molecule has 0 saturated heterocycles. The number of hydrogen-bond acceptors (Lipinski definition) is 6. The lowest BCUT2D eigenvalue weighted by molar-refractivity contribution is 0.390. The zero-order chi connectivity index (χ0) is 21.8. The maximum Gasteiger partial charge on any atom is 0.258 e. The summed E-state index contributed by atoms with van der Waals surface area (Å²) in [4.78, 5) is 9.36. The van der Waals surface area contributed by atoms with Crippen LogP contribution < -0.4 is 9.47 Å². The smallest absolute Gasteiger partial charge is 0.258 e. The number of aryl methyl sites for hydroxylation is 2. The van der Waals surface area contributed by atoms with E-state index in [0.717, 1.165) is 59.4 Å². The molecule has 1 radical (unpaired) electrons. The molecule has 1 fully saturated rings. The van der Waals surface area contributed by atoms with Crippen molar-refractivity contribution in [2.45, 2.75) is 65.2 Å². The third-order valence-electron chi connectivity index (χ3n) is 5.84. The summed E-state index contributed by atoms with van der Waals surface area (Å²) >= 11 is 0. The summed E-state index contributed by atoms with van der Waals surface area (Å²) < 4.78 is 16.9. The highest BCUT2D eigenvalue weighted by molar-refractivity contribution is 5.64. The van der Waals surface area contributed by atoms with E-state index in [0.29, 0.717) is 23.5 Å². The summed E-state index contributed by atoms with van der Waals surface area (Å²) in [6.07, 6.45) is 6.54. The van der Waals surface area contributed by atoms with Crippen molar-refractivity contribution in [3.05, 3.63) is 47.7 Å². The first-order valence-corrected chi connectivity index (χ1v) is 11.1. The fourth-order valence-corrected chi connectivity index (χ4v) is 4.22. The van der Waals surface area contributed by atoms with Gasteiger partial charge in [-0.05, 0) is 61.9 Å². The molecule has 163 valence electrons. The first-order chi connectivity index (χ1) is 15.1. The van der Waals surface area contributed by atoms with Gasteiger partial charge in [-0.2, -0.15) is 4.98 Å². The number of ether oxygens (including phenoxy) is 2. The maximum absolute atomic E-state index is 5.85. The predicted octanol–water partition coefficient (Wildman–Crippen LogP) is 6.29. The minimum absolute atomic E-state index is 0.471. The fraction of sp³-hybridized carbons (Fsp3) is 0.440. The number of rotatable bonds is 8. The molecule has 0 atom stereocenters. The van der Waals surface area contributed by atoms with Crippen LogP contribution in [0.4, 0.5) is 0 Å². The van der Waals surface area contributed by atoms with Crippen molar-refractivity contribution < 1.29 is 14.0 Å². The van der Waals surface area contributed by atoms with E-state index >= 15 is 0 Å². The molecule has 1 saturated carbocycles. The first kappa shape index (κ1) is 21.3. The average Bonchev–Trinajstić information content (AvgIpc) is 3.50. The van der Waals surface area contributed by atoms with Crippen LogP contribution in [-0.2, 0) is 6.42 Å². The van der Waals surface area contributed by atoms with Crippen LogP contribution in [0.1, 0.15) is 68.7 Å². The molecule has 4 rings (SSSR count). The van der Waals surface area contributed by atoms with Crippen molar-refractivity contribution in [2.75, 3.05) is 7.11 Å². The van der Waals surface area contributed by atoms with Crippen LogP contribution in [0, 0.1) is 13.5 Å². The summed E-state index contributed by atoms with van der Waals surface area (Å²) in [6, 6.07) is 8.05. The molecule has 0 amide bonds. The second-order valence-electron chi connectivity index (χ2n) is 8.06. The van der Waals surface area contributed by atoms with E-state index in [2.05, 4.69) is 36.1 Å². The van der Waals surface area contributed by atoms with Gasteiger partial charge in [-0.1, -0.05) is 31.8 Å². The van der Waals surface area contributed by atoms with E-state index in [1.807, 2.05) is 25.7 Å². The lowest BCUT2D eigenvalue weighted by Crippen LogP contribution is -2.00. The lowest BCUT2D eigenvalue weighted by atomic mass is 10.0. The van der Waals surface area contributed by atoms with Gasteiger partial charge in [-0.25, -0.2) is 4.98 Å². The van der Waals surface area contributed by atoms with Gasteiger partial charge in [0.2, 0.25) is 11.7 Å². The molecule has 2 aromatic heterocycles. The van der Waals surface area contributed by atoms with Crippen LogP contribution in [0.3, 0.4) is 0 Å². The molecule has 0 aliphatic heterocycles. The molecule has 2 heterocycles. The molecule has 0 spiro atoms. The Hall–Kier alpha value is -2.89. The minimum atomic E-state index is 0.471. The highest BCUT2D eigenvalue weighted by Gasteiger charge is 2.22. The average molecular weight is 421 g/mol. The van der Waals surface area contributed by atoms with Crippen molar-refractivity contribution >= 4 is 0 Å². The molecule has 1 aliphatic carbocycles. The Morgan fingerprint density at radius 2 is 1.87 bits per heavy atom. The third-order valence-corrected chi connectivity index (χ3v) is 5.84. The van der Waals surface area contributed by atoms with Gasteiger partial charge in [-0.3, -0.25) is 0 Å². The Balaban J connectivity index is 1.67. The van der Waals surface area contributed by atoms with E-state index in [-0.39, 0.29) is 0 Å². The summed E-state index contributed by atoms with van der Waals surface area (Å²) in [5, 5.41) is 4.26. The highest BCUT2D eigenvalue weighted by atomic mass is 16.5. The summed E-state index contributed by atoms with van der Waals surface area (Å²) in [6.45, 7) is 8.05. The SMILES string of the molecule is CC[CH]Oc1c(C)cc(-c2noc(-c3cc(OC)nc(C4CCCC4)c3)n2)cc1CC. The van der Waals surface area contributed by atoms with Crippen LogP contribution in [0.5, 0.6) is 11.6 Å². The van der Waals surface area contributed by atoms with Crippen LogP contribution in [0.2, 0.25) is 0 Å². The largest absolute Gasteiger partial charge is 0.486 e. The molecule has 0 bridgehead atoms. The third kappa shape index (κ3) is 4.58. The van der Waals surface area contributed by atoms with Gasteiger partial charge in [0.25, 0.3) is 5.89 Å². The van der Waals surface area contributed by atoms with Gasteiger partial charge >= 0.3 is 0 Å². The monoisotopic (exact) mass is 420 g/mol. The van der Waals surface area contributed by atoms with Crippen LogP contribution in [-0.4, -0.2) is 22.2 Å². The van der Waals surface area contributed by atoms with E-state index < -0.39 is 0 Å². The zero-order valence-electron chi connectivity index (χ0n) is 18.8. The summed E-state index contributed by atoms with van der Waals surface area (Å²) in [5.41, 5.74) is 4.99.